The number of anilines is 1. The van der Waals surface area contributed by atoms with E-state index in [4.69, 9.17) is 9.15 Å². The number of methoxy groups -OCH3 is 1. The minimum Gasteiger partial charge on any atom is -0.481 e. The Bertz CT molecular complexity index is 1270. The van der Waals surface area contributed by atoms with Crippen molar-refractivity contribution in [1.82, 2.24) is 4.90 Å². The fraction of sp³-hybridized carbons (Fsp3) is 0.346. The molecule has 2 heterocycles. The number of hydrogen-bond donors (Lipinski definition) is 2. The van der Waals surface area contributed by atoms with E-state index in [0.717, 1.165) is 22.1 Å². The molecule has 8 heteroatoms. The molecule has 2 atom stereocenters. The highest BCUT2D eigenvalue weighted by atomic mass is 16.5. The summed E-state index contributed by atoms with van der Waals surface area (Å²) in [7, 11) is 1.51. The van der Waals surface area contributed by atoms with Gasteiger partial charge in [0, 0.05) is 49.0 Å². The maximum Gasteiger partial charge on any atom is 0.336 e. The van der Waals surface area contributed by atoms with E-state index in [1.165, 1.54) is 13.2 Å². The lowest BCUT2D eigenvalue weighted by atomic mass is 9.97. The van der Waals surface area contributed by atoms with E-state index in [1.807, 2.05) is 43.3 Å². The average Bonchev–Trinajstić information content (AvgIpc) is 2.83. The molecule has 2 N–H and O–H groups in total. The molecule has 2 aromatic carbocycles. The molecular weight excluding hydrogens is 436 g/mol. The monoisotopic (exact) mass is 464 g/mol. The van der Waals surface area contributed by atoms with Gasteiger partial charge in [-0.25, -0.2) is 4.79 Å². The first-order chi connectivity index (χ1) is 16.4. The molecule has 0 saturated carbocycles. The lowest BCUT2D eigenvalue weighted by Gasteiger charge is -2.33. The van der Waals surface area contributed by atoms with E-state index in [9.17, 15) is 19.5 Å². The predicted octanol–water partition coefficient (Wildman–Crippen LogP) is 3.52. The van der Waals surface area contributed by atoms with Crippen molar-refractivity contribution in [3.63, 3.8) is 0 Å². The van der Waals surface area contributed by atoms with Crippen LogP contribution < -0.4 is 10.9 Å². The minimum atomic E-state index is -0.886. The van der Waals surface area contributed by atoms with Crippen LogP contribution in [0.3, 0.4) is 0 Å². The van der Waals surface area contributed by atoms with Gasteiger partial charge in [0.1, 0.15) is 11.6 Å². The van der Waals surface area contributed by atoms with Crippen molar-refractivity contribution in [3.8, 4) is 11.1 Å². The molecule has 1 aliphatic rings. The van der Waals surface area contributed by atoms with Gasteiger partial charge in [-0.3, -0.25) is 9.59 Å². The molecule has 0 aliphatic carbocycles. The standard InChI is InChI=1S/C26H28N2O6/c1-16-6-3-4-8-19(16)21-13-24(29)34-23-12-18(9-10-20(21)23)27-22(15-33-2)25(30)28-11-5-7-17(14-28)26(31)32/h3-4,6,8-10,12-13,17,22,27H,5,7,11,14-15H2,1-2H3,(H,31,32)/t17?,22-/m0/s1. The van der Waals surface area contributed by atoms with Crippen molar-refractivity contribution in [3.05, 3.63) is 64.5 Å². The smallest absolute Gasteiger partial charge is 0.336 e. The minimum absolute atomic E-state index is 0.109. The zero-order valence-corrected chi connectivity index (χ0v) is 19.2. The van der Waals surface area contributed by atoms with Gasteiger partial charge in [-0.2, -0.15) is 0 Å². The van der Waals surface area contributed by atoms with E-state index in [-0.39, 0.29) is 19.1 Å². The summed E-state index contributed by atoms with van der Waals surface area (Å²) in [5, 5.41) is 13.3. The van der Waals surface area contributed by atoms with Gasteiger partial charge in [0.15, 0.2) is 0 Å². The molecule has 1 aromatic heterocycles. The summed E-state index contributed by atoms with van der Waals surface area (Å²) < 4.78 is 10.7. The molecule has 0 spiro atoms. The third-order valence-corrected chi connectivity index (χ3v) is 6.23. The number of carbonyl (C=O) groups is 2. The number of fused-ring (bicyclic) bond motifs is 1. The number of hydrogen-bond acceptors (Lipinski definition) is 6. The number of amides is 1. The molecule has 1 aliphatic heterocycles. The molecule has 3 aromatic rings. The summed E-state index contributed by atoms with van der Waals surface area (Å²) in [5.41, 5.74) is 3.33. The SMILES string of the molecule is COC[C@H](Nc1ccc2c(-c3ccccc3C)cc(=O)oc2c1)C(=O)N1CCCC(C(=O)O)C1. The van der Waals surface area contributed by atoms with Gasteiger partial charge in [-0.1, -0.05) is 24.3 Å². The Balaban J connectivity index is 1.62. The second kappa shape index (κ2) is 10.1. The maximum absolute atomic E-state index is 13.2. The first-order valence-electron chi connectivity index (χ1n) is 11.3. The molecule has 34 heavy (non-hydrogen) atoms. The highest BCUT2D eigenvalue weighted by molar-refractivity contribution is 5.96. The quantitative estimate of drug-likeness (QED) is 0.515. The Morgan fingerprint density at radius 1 is 1.21 bits per heavy atom. The zero-order chi connectivity index (χ0) is 24.2. The van der Waals surface area contributed by atoms with Crippen LogP contribution in [0.5, 0.6) is 0 Å². The van der Waals surface area contributed by atoms with Crippen LogP contribution >= 0.6 is 0 Å². The summed E-state index contributed by atoms with van der Waals surface area (Å²) in [6.45, 7) is 2.79. The van der Waals surface area contributed by atoms with Crippen LogP contribution in [0.1, 0.15) is 18.4 Å². The number of benzene rings is 2. The number of likely N-dealkylation sites (tertiary alicyclic amines) is 1. The lowest BCUT2D eigenvalue weighted by molar-refractivity contribution is -0.146. The summed E-state index contributed by atoms with van der Waals surface area (Å²) in [6.07, 6.45) is 1.21. The van der Waals surface area contributed by atoms with Gasteiger partial charge in [0.25, 0.3) is 0 Å². The number of nitrogens with zero attached hydrogens (tertiary/aromatic N) is 1. The van der Waals surface area contributed by atoms with Crippen LogP contribution in [-0.4, -0.2) is 54.7 Å². The van der Waals surface area contributed by atoms with Gasteiger partial charge in [0.2, 0.25) is 5.91 Å². The van der Waals surface area contributed by atoms with Gasteiger partial charge in [-0.15, -0.1) is 0 Å². The Hall–Kier alpha value is -3.65. The van der Waals surface area contributed by atoms with Crippen molar-refractivity contribution in [2.24, 2.45) is 5.92 Å². The molecule has 8 nitrogen and oxygen atoms in total. The van der Waals surface area contributed by atoms with Crippen molar-refractivity contribution in [2.45, 2.75) is 25.8 Å². The molecule has 0 bridgehead atoms. The number of carboxylic acid groups (broad SMARTS) is 1. The van der Waals surface area contributed by atoms with E-state index in [2.05, 4.69) is 5.32 Å². The van der Waals surface area contributed by atoms with E-state index < -0.39 is 23.6 Å². The Morgan fingerprint density at radius 3 is 2.74 bits per heavy atom. The number of aliphatic carboxylic acids is 1. The molecule has 1 amide bonds. The molecule has 178 valence electrons. The van der Waals surface area contributed by atoms with Gasteiger partial charge in [-0.05, 0) is 43.0 Å². The van der Waals surface area contributed by atoms with Crippen molar-refractivity contribution < 1.29 is 23.8 Å². The molecule has 1 saturated heterocycles. The van der Waals surface area contributed by atoms with Crippen LogP contribution in [0.2, 0.25) is 0 Å². The Morgan fingerprint density at radius 2 is 2.00 bits per heavy atom. The van der Waals surface area contributed by atoms with Crippen LogP contribution in [0, 0.1) is 12.8 Å². The summed E-state index contributed by atoms with van der Waals surface area (Å²) in [5.74, 6) is -1.67. The Kier molecular flexibility index (Phi) is 6.98. The topological polar surface area (TPSA) is 109 Å². The van der Waals surface area contributed by atoms with E-state index in [1.54, 1.807) is 11.0 Å². The second-order valence-electron chi connectivity index (χ2n) is 8.62. The molecule has 1 fully saturated rings. The first-order valence-corrected chi connectivity index (χ1v) is 11.3. The molecule has 4 rings (SSSR count). The fourth-order valence-electron chi connectivity index (χ4n) is 4.49. The molecular formula is C26H28N2O6. The number of carbonyl (C=O) groups excluding carboxylic acids is 1. The zero-order valence-electron chi connectivity index (χ0n) is 19.2. The lowest BCUT2D eigenvalue weighted by Crippen LogP contribution is -2.50. The van der Waals surface area contributed by atoms with E-state index in [0.29, 0.717) is 30.7 Å². The highest BCUT2D eigenvalue weighted by Crippen LogP contribution is 2.31. The highest BCUT2D eigenvalue weighted by Gasteiger charge is 2.32. The predicted molar refractivity (Wildman–Crippen MR) is 129 cm³/mol. The number of carboxylic acids is 1. The van der Waals surface area contributed by atoms with Crippen molar-refractivity contribution >= 4 is 28.5 Å². The number of piperidine rings is 1. The van der Waals surface area contributed by atoms with Crippen LogP contribution in [0.15, 0.2) is 57.7 Å². The van der Waals surface area contributed by atoms with Gasteiger partial charge in [0.05, 0.1) is 12.5 Å². The number of nitrogens with one attached hydrogen (secondary N) is 1. The third kappa shape index (κ3) is 4.97. The Labute approximate surface area is 197 Å². The first kappa shape index (κ1) is 23.5. The van der Waals surface area contributed by atoms with Crippen LogP contribution in [0.4, 0.5) is 5.69 Å². The average molecular weight is 465 g/mol. The van der Waals surface area contributed by atoms with Gasteiger partial charge < -0.3 is 24.5 Å². The normalized spacial score (nSPS) is 16.9. The fourth-order valence-corrected chi connectivity index (χ4v) is 4.49. The van der Waals surface area contributed by atoms with Gasteiger partial charge >= 0.3 is 11.6 Å². The van der Waals surface area contributed by atoms with Crippen LogP contribution in [0.25, 0.3) is 22.1 Å². The van der Waals surface area contributed by atoms with Crippen molar-refractivity contribution in [2.75, 3.05) is 32.1 Å². The summed E-state index contributed by atoms with van der Waals surface area (Å²) in [4.78, 5) is 38.5. The maximum atomic E-state index is 13.2. The third-order valence-electron chi connectivity index (χ3n) is 6.23. The summed E-state index contributed by atoms with van der Waals surface area (Å²) >= 11 is 0. The second-order valence-corrected chi connectivity index (χ2v) is 8.62. The largest absolute Gasteiger partial charge is 0.481 e. The summed E-state index contributed by atoms with van der Waals surface area (Å²) in [6, 6.07) is 14.0. The van der Waals surface area contributed by atoms with E-state index >= 15 is 0 Å². The number of aryl methyl sites for hydroxylation is 1. The number of ether oxygens (including phenoxy) is 1. The van der Waals surface area contributed by atoms with Crippen LogP contribution in [-0.2, 0) is 14.3 Å². The number of rotatable bonds is 7. The van der Waals surface area contributed by atoms with Crippen molar-refractivity contribution in [1.29, 1.82) is 0 Å². The molecule has 0 radical (unpaired) electrons. The molecule has 1 unspecified atom stereocenters.